The number of hydrogen-bond acceptors (Lipinski definition) is 2. The van der Waals surface area contributed by atoms with E-state index in [1.165, 1.54) is 38.5 Å². The minimum Gasteiger partial charge on any atom is -0.381 e. The van der Waals surface area contributed by atoms with Crippen LogP contribution in [0.2, 0.25) is 0 Å². The molecule has 2 N–H and O–H groups in total. The van der Waals surface area contributed by atoms with Gasteiger partial charge in [-0.2, -0.15) is 0 Å². The minimum atomic E-state index is 0.508. The van der Waals surface area contributed by atoms with Gasteiger partial charge in [0.15, 0.2) is 0 Å². The fourth-order valence-corrected chi connectivity index (χ4v) is 2.27. The van der Waals surface area contributed by atoms with E-state index in [9.17, 15) is 0 Å². The van der Waals surface area contributed by atoms with Crippen molar-refractivity contribution < 1.29 is 4.74 Å². The van der Waals surface area contributed by atoms with Crippen LogP contribution >= 0.6 is 0 Å². The van der Waals surface area contributed by atoms with Crippen molar-refractivity contribution in [1.29, 1.82) is 0 Å². The molecule has 0 bridgehead atoms. The van der Waals surface area contributed by atoms with E-state index in [1.54, 1.807) is 0 Å². The highest BCUT2D eigenvalue weighted by molar-refractivity contribution is 4.92. The fourth-order valence-electron chi connectivity index (χ4n) is 2.27. The molecule has 2 heteroatoms. The van der Waals surface area contributed by atoms with E-state index < -0.39 is 0 Å². The van der Waals surface area contributed by atoms with Gasteiger partial charge in [0.2, 0.25) is 0 Å². The van der Waals surface area contributed by atoms with Crippen LogP contribution in [0.5, 0.6) is 0 Å². The highest BCUT2D eigenvalue weighted by Gasteiger charge is 2.41. The lowest BCUT2D eigenvalue weighted by atomic mass is 9.83. The Morgan fingerprint density at radius 1 is 1.29 bits per heavy atom. The molecule has 82 valence electrons. The van der Waals surface area contributed by atoms with Crippen molar-refractivity contribution >= 4 is 0 Å². The first-order valence-electron chi connectivity index (χ1n) is 6.12. The van der Waals surface area contributed by atoms with Crippen LogP contribution in [0.25, 0.3) is 0 Å². The molecule has 0 spiro atoms. The van der Waals surface area contributed by atoms with Gasteiger partial charge in [0, 0.05) is 6.61 Å². The standard InChI is InChI=1S/C12H23NO/c13-8-7-12(5-6-12)10-14-9-4-11-2-1-3-11/h11H,1-10,13H2. The number of nitrogens with two attached hydrogens (primary N) is 1. The average molecular weight is 197 g/mol. The number of ether oxygens (including phenoxy) is 1. The predicted octanol–water partition coefficient (Wildman–Crippen LogP) is 2.32. The van der Waals surface area contributed by atoms with Crippen LogP contribution in [0, 0.1) is 11.3 Å². The Balaban J connectivity index is 1.49. The van der Waals surface area contributed by atoms with Crippen LogP contribution in [0.1, 0.15) is 44.9 Å². The summed E-state index contributed by atoms with van der Waals surface area (Å²) in [5.74, 6) is 0.986. The molecule has 2 nitrogen and oxygen atoms in total. The zero-order valence-electron chi connectivity index (χ0n) is 9.13. The van der Waals surface area contributed by atoms with Crippen molar-refractivity contribution in [3.63, 3.8) is 0 Å². The zero-order chi connectivity index (χ0) is 9.86. The first-order valence-corrected chi connectivity index (χ1v) is 6.12. The molecule has 0 aliphatic heterocycles. The van der Waals surface area contributed by atoms with Crippen LogP contribution in [-0.2, 0) is 4.74 Å². The number of hydrogen-bond donors (Lipinski definition) is 1. The van der Waals surface area contributed by atoms with Crippen LogP contribution in [-0.4, -0.2) is 19.8 Å². The summed E-state index contributed by atoms with van der Waals surface area (Å²) in [6.07, 6.45) is 9.47. The Morgan fingerprint density at radius 3 is 2.57 bits per heavy atom. The van der Waals surface area contributed by atoms with Gasteiger partial charge in [-0.15, -0.1) is 0 Å². The van der Waals surface area contributed by atoms with Crippen LogP contribution < -0.4 is 5.73 Å². The van der Waals surface area contributed by atoms with Crippen molar-refractivity contribution in [1.82, 2.24) is 0 Å². The first kappa shape index (κ1) is 10.4. The van der Waals surface area contributed by atoms with Crippen LogP contribution in [0.15, 0.2) is 0 Å². The Hall–Kier alpha value is -0.0800. The summed E-state index contributed by atoms with van der Waals surface area (Å²) in [7, 11) is 0. The van der Waals surface area contributed by atoms with E-state index >= 15 is 0 Å². The SMILES string of the molecule is NCCC1(COCCC2CCC2)CC1. The second kappa shape index (κ2) is 4.63. The Labute approximate surface area is 87.2 Å². The van der Waals surface area contributed by atoms with Crippen molar-refractivity contribution in [2.75, 3.05) is 19.8 Å². The van der Waals surface area contributed by atoms with Crippen LogP contribution in [0.4, 0.5) is 0 Å². The topological polar surface area (TPSA) is 35.2 Å². The van der Waals surface area contributed by atoms with Gasteiger partial charge in [-0.05, 0) is 43.6 Å². The summed E-state index contributed by atoms with van der Waals surface area (Å²) in [4.78, 5) is 0. The third-order valence-electron chi connectivity index (χ3n) is 3.94. The first-order chi connectivity index (χ1) is 6.85. The molecule has 0 amide bonds. The van der Waals surface area contributed by atoms with Gasteiger partial charge in [-0.1, -0.05) is 19.3 Å². The molecule has 2 aliphatic rings. The summed E-state index contributed by atoms with van der Waals surface area (Å²) < 4.78 is 5.76. The monoisotopic (exact) mass is 197 g/mol. The van der Waals surface area contributed by atoms with Gasteiger partial charge in [0.25, 0.3) is 0 Å². The van der Waals surface area contributed by atoms with Crippen molar-refractivity contribution in [2.24, 2.45) is 17.1 Å². The molecule has 0 unspecified atom stereocenters. The Kier molecular flexibility index (Phi) is 3.45. The third-order valence-corrected chi connectivity index (χ3v) is 3.94. The molecule has 0 heterocycles. The lowest BCUT2D eigenvalue weighted by molar-refractivity contribution is 0.0693. The summed E-state index contributed by atoms with van der Waals surface area (Å²) in [6, 6.07) is 0. The molecule has 14 heavy (non-hydrogen) atoms. The van der Waals surface area contributed by atoms with Crippen molar-refractivity contribution in [3.05, 3.63) is 0 Å². The maximum atomic E-state index is 5.76. The van der Waals surface area contributed by atoms with Gasteiger partial charge in [0.1, 0.15) is 0 Å². The molecular weight excluding hydrogens is 174 g/mol. The molecule has 0 aromatic heterocycles. The maximum Gasteiger partial charge on any atom is 0.0522 e. The second-order valence-electron chi connectivity index (χ2n) is 5.18. The highest BCUT2D eigenvalue weighted by Crippen LogP contribution is 2.48. The lowest BCUT2D eigenvalue weighted by Crippen LogP contribution is -2.18. The van der Waals surface area contributed by atoms with Gasteiger partial charge < -0.3 is 10.5 Å². The average Bonchev–Trinajstić information content (AvgIpc) is 2.83. The van der Waals surface area contributed by atoms with E-state index in [0.717, 1.165) is 32.1 Å². The maximum absolute atomic E-state index is 5.76. The lowest BCUT2D eigenvalue weighted by Gasteiger charge is -2.25. The quantitative estimate of drug-likeness (QED) is 0.636. The molecule has 0 radical (unpaired) electrons. The van der Waals surface area contributed by atoms with E-state index in [1.807, 2.05) is 0 Å². The van der Waals surface area contributed by atoms with E-state index in [2.05, 4.69) is 0 Å². The highest BCUT2D eigenvalue weighted by atomic mass is 16.5. The summed E-state index contributed by atoms with van der Waals surface area (Å²) in [5.41, 5.74) is 6.09. The molecular formula is C12H23NO. The largest absolute Gasteiger partial charge is 0.381 e. The third kappa shape index (κ3) is 2.71. The molecule has 2 rings (SSSR count). The molecule has 2 fully saturated rings. The van der Waals surface area contributed by atoms with Crippen LogP contribution in [0.3, 0.4) is 0 Å². The molecule has 0 atom stereocenters. The van der Waals surface area contributed by atoms with E-state index in [0.29, 0.717) is 5.41 Å². The zero-order valence-corrected chi connectivity index (χ0v) is 9.13. The summed E-state index contributed by atoms with van der Waals surface area (Å²) in [6.45, 7) is 2.78. The molecule has 2 saturated carbocycles. The molecule has 0 aromatic carbocycles. The van der Waals surface area contributed by atoms with Crippen molar-refractivity contribution in [2.45, 2.75) is 44.9 Å². The minimum absolute atomic E-state index is 0.508. The van der Waals surface area contributed by atoms with E-state index in [-0.39, 0.29) is 0 Å². The van der Waals surface area contributed by atoms with Gasteiger partial charge in [-0.3, -0.25) is 0 Å². The Bertz CT molecular complexity index is 173. The van der Waals surface area contributed by atoms with Crippen molar-refractivity contribution in [3.8, 4) is 0 Å². The van der Waals surface area contributed by atoms with Gasteiger partial charge >= 0.3 is 0 Å². The molecule has 2 aliphatic carbocycles. The van der Waals surface area contributed by atoms with Gasteiger partial charge in [0.05, 0.1) is 6.61 Å². The summed E-state index contributed by atoms with van der Waals surface area (Å²) in [5, 5.41) is 0. The second-order valence-corrected chi connectivity index (χ2v) is 5.18. The molecule has 0 aromatic rings. The predicted molar refractivity (Wildman–Crippen MR) is 58.1 cm³/mol. The number of rotatable bonds is 7. The normalized spacial score (nSPS) is 24.6. The smallest absolute Gasteiger partial charge is 0.0522 e. The molecule has 0 saturated heterocycles. The van der Waals surface area contributed by atoms with E-state index in [4.69, 9.17) is 10.5 Å². The Morgan fingerprint density at radius 2 is 2.07 bits per heavy atom. The summed E-state index contributed by atoms with van der Waals surface area (Å²) >= 11 is 0. The fraction of sp³-hybridized carbons (Fsp3) is 1.00. The van der Waals surface area contributed by atoms with Gasteiger partial charge in [-0.25, -0.2) is 0 Å².